The SMILES string of the molecule is NCC=CCN1CCC2(CCCC2)CC1. The minimum Gasteiger partial charge on any atom is -0.327 e. The van der Waals surface area contributed by atoms with Crippen LogP contribution in [0.2, 0.25) is 0 Å². The van der Waals surface area contributed by atoms with Gasteiger partial charge in [0.2, 0.25) is 0 Å². The Morgan fingerprint density at radius 1 is 1.00 bits per heavy atom. The minimum atomic E-state index is 0.678. The molecule has 2 N–H and O–H groups in total. The molecule has 0 radical (unpaired) electrons. The number of nitrogens with two attached hydrogens (primary N) is 1. The number of rotatable bonds is 3. The third kappa shape index (κ3) is 2.82. The van der Waals surface area contributed by atoms with Crippen molar-refractivity contribution in [3.8, 4) is 0 Å². The van der Waals surface area contributed by atoms with Crippen molar-refractivity contribution in [1.29, 1.82) is 0 Å². The molecule has 1 spiro atoms. The highest BCUT2D eigenvalue weighted by molar-refractivity contribution is 4.92. The van der Waals surface area contributed by atoms with Gasteiger partial charge in [-0.05, 0) is 44.2 Å². The average Bonchev–Trinajstić information content (AvgIpc) is 2.71. The summed E-state index contributed by atoms with van der Waals surface area (Å²) in [5.41, 5.74) is 6.19. The smallest absolute Gasteiger partial charge is 0.0163 e. The van der Waals surface area contributed by atoms with Gasteiger partial charge in [-0.3, -0.25) is 4.90 Å². The Morgan fingerprint density at radius 2 is 1.67 bits per heavy atom. The van der Waals surface area contributed by atoms with Crippen LogP contribution < -0.4 is 5.73 Å². The van der Waals surface area contributed by atoms with Crippen LogP contribution >= 0.6 is 0 Å². The second-order valence-corrected chi connectivity index (χ2v) is 5.21. The van der Waals surface area contributed by atoms with Gasteiger partial charge in [-0.25, -0.2) is 0 Å². The van der Waals surface area contributed by atoms with Gasteiger partial charge < -0.3 is 5.73 Å². The molecule has 2 rings (SSSR count). The van der Waals surface area contributed by atoms with Crippen molar-refractivity contribution in [2.24, 2.45) is 11.1 Å². The topological polar surface area (TPSA) is 29.3 Å². The van der Waals surface area contributed by atoms with Crippen LogP contribution in [0.3, 0.4) is 0 Å². The molecule has 0 aromatic rings. The largest absolute Gasteiger partial charge is 0.327 e. The molecule has 1 heterocycles. The van der Waals surface area contributed by atoms with Crippen LogP contribution in [0.4, 0.5) is 0 Å². The Kier molecular flexibility index (Phi) is 3.81. The molecule has 0 aromatic carbocycles. The van der Waals surface area contributed by atoms with E-state index in [0.29, 0.717) is 6.54 Å². The Labute approximate surface area is 93.5 Å². The highest BCUT2D eigenvalue weighted by Crippen LogP contribution is 2.45. The number of hydrogen-bond acceptors (Lipinski definition) is 2. The molecule has 1 aliphatic carbocycles. The van der Waals surface area contributed by atoms with Crippen molar-refractivity contribution in [2.45, 2.75) is 38.5 Å². The van der Waals surface area contributed by atoms with Gasteiger partial charge in [0.1, 0.15) is 0 Å². The van der Waals surface area contributed by atoms with Gasteiger partial charge in [-0.2, -0.15) is 0 Å². The van der Waals surface area contributed by atoms with Crippen LogP contribution in [-0.4, -0.2) is 31.1 Å². The summed E-state index contributed by atoms with van der Waals surface area (Å²) in [6.07, 6.45) is 13.1. The first-order chi connectivity index (χ1) is 7.35. The highest BCUT2D eigenvalue weighted by atomic mass is 15.1. The van der Waals surface area contributed by atoms with Crippen molar-refractivity contribution in [1.82, 2.24) is 4.90 Å². The summed E-state index contributed by atoms with van der Waals surface area (Å²) in [6, 6.07) is 0. The zero-order chi connectivity index (χ0) is 10.6. The normalized spacial score (nSPS) is 26.7. The van der Waals surface area contributed by atoms with E-state index in [1.54, 1.807) is 0 Å². The summed E-state index contributed by atoms with van der Waals surface area (Å²) < 4.78 is 0. The molecule has 15 heavy (non-hydrogen) atoms. The lowest BCUT2D eigenvalue weighted by Gasteiger charge is -2.39. The summed E-state index contributed by atoms with van der Waals surface area (Å²) in [6.45, 7) is 4.38. The zero-order valence-electron chi connectivity index (χ0n) is 9.75. The monoisotopic (exact) mass is 208 g/mol. The molecule has 86 valence electrons. The Bertz CT molecular complexity index is 207. The average molecular weight is 208 g/mol. The first-order valence-electron chi connectivity index (χ1n) is 6.42. The Balaban J connectivity index is 1.74. The maximum Gasteiger partial charge on any atom is 0.0163 e. The molecule has 0 bridgehead atoms. The van der Waals surface area contributed by atoms with Crippen LogP contribution in [0, 0.1) is 5.41 Å². The molecule has 2 nitrogen and oxygen atoms in total. The van der Waals surface area contributed by atoms with Crippen LogP contribution in [0.15, 0.2) is 12.2 Å². The molecule has 1 aliphatic heterocycles. The van der Waals surface area contributed by atoms with E-state index < -0.39 is 0 Å². The second-order valence-electron chi connectivity index (χ2n) is 5.21. The number of hydrogen-bond donors (Lipinski definition) is 1. The van der Waals surface area contributed by atoms with E-state index in [1.165, 1.54) is 51.6 Å². The van der Waals surface area contributed by atoms with Crippen molar-refractivity contribution in [3.05, 3.63) is 12.2 Å². The number of likely N-dealkylation sites (tertiary alicyclic amines) is 1. The van der Waals surface area contributed by atoms with Gasteiger partial charge >= 0.3 is 0 Å². The first kappa shape index (κ1) is 11.2. The summed E-state index contributed by atoms with van der Waals surface area (Å²) in [7, 11) is 0. The van der Waals surface area contributed by atoms with E-state index in [-0.39, 0.29) is 0 Å². The summed E-state index contributed by atoms with van der Waals surface area (Å²) in [5, 5.41) is 0. The van der Waals surface area contributed by atoms with Crippen LogP contribution in [0.25, 0.3) is 0 Å². The van der Waals surface area contributed by atoms with E-state index >= 15 is 0 Å². The predicted octanol–water partition coefficient (Wildman–Crippen LogP) is 2.16. The van der Waals surface area contributed by atoms with Gasteiger partial charge in [-0.1, -0.05) is 25.0 Å². The van der Waals surface area contributed by atoms with Gasteiger partial charge in [0.15, 0.2) is 0 Å². The Hall–Kier alpha value is -0.340. The molecular weight excluding hydrogens is 184 g/mol. The molecule has 0 atom stereocenters. The van der Waals surface area contributed by atoms with Crippen molar-refractivity contribution >= 4 is 0 Å². The van der Waals surface area contributed by atoms with Crippen molar-refractivity contribution in [3.63, 3.8) is 0 Å². The summed E-state index contributed by atoms with van der Waals surface area (Å²) >= 11 is 0. The molecule has 2 fully saturated rings. The lowest BCUT2D eigenvalue weighted by molar-refractivity contribution is 0.117. The van der Waals surface area contributed by atoms with Crippen LogP contribution in [0.1, 0.15) is 38.5 Å². The van der Waals surface area contributed by atoms with E-state index in [0.717, 1.165) is 12.0 Å². The quantitative estimate of drug-likeness (QED) is 0.720. The fraction of sp³-hybridized carbons (Fsp3) is 0.846. The lowest BCUT2D eigenvalue weighted by atomic mass is 9.77. The molecule has 2 heteroatoms. The molecule has 0 aromatic heterocycles. The standard InChI is InChI=1S/C13H24N2/c14-9-3-4-10-15-11-7-13(8-12-15)5-1-2-6-13/h3-4H,1-2,5-12,14H2. The fourth-order valence-electron chi connectivity index (χ4n) is 3.15. The van der Waals surface area contributed by atoms with E-state index in [1.807, 2.05) is 0 Å². The molecule has 1 saturated heterocycles. The molecule has 1 saturated carbocycles. The molecule has 0 amide bonds. The van der Waals surface area contributed by atoms with Gasteiger partial charge in [0, 0.05) is 13.1 Å². The van der Waals surface area contributed by atoms with Gasteiger partial charge in [0.05, 0.1) is 0 Å². The maximum absolute atomic E-state index is 5.43. The van der Waals surface area contributed by atoms with Crippen molar-refractivity contribution in [2.75, 3.05) is 26.2 Å². The lowest BCUT2D eigenvalue weighted by Crippen LogP contribution is -2.38. The van der Waals surface area contributed by atoms with Crippen molar-refractivity contribution < 1.29 is 0 Å². The van der Waals surface area contributed by atoms with Gasteiger partial charge in [-0.15, -0.1) is 0 Å². The van der Waals surface area contributed by atoms with Crippen LogP contribution in [-0.2, 0) is 0 Å². The van der Waals surface area contributed by atoms with Gasteiger partial charge in [0.25, 0.3) is 0 Å². The molecular formula is C13H24N2. The third-order valence-corrected chi connectivity index (χ3v) is 4.25. The highest BCUT2D eigenvalue weighted by Gasteiger charge is 2.36. The summed E-state index contributed by atoms with van der Waals surface area (Å²) in [4.78, 5) is 2.57. The zero-order valence-corrected chi connectivity index (χ0v) is 9.75. The van der Waals surface area contributed by atoms with E-state index in [4.69, 9.17) is 5.73 Å². The van der Waals surface area contributed by atoms with E-state index in [2.05, 4.69) is 17.1 Å². The first-order valence-corrected chi connectivity index (χ1v) is 6.42. The predicted molar refractivity (Wildman–Crippen MR) is 64.8 cm³/mol. The maximum atomic E-state index is 5.43. The van der Waals surface area contributed by atoms with Crippen LogP contribution in [0.5, 0.6) is 0 Å². The molecule has 2 aliphatic rings. The number of piperidine rings is 1. The van der Waals surface area contributed by atoms with E-state index in [9.17, 15) is 0 Å². The third-order valence-electron chi connectivity index (χ3n) is 4.25. The Morgan fingerprint density at radius 3 is 2.27 bits per heavy atom. The summed E-state index contributed by atoms with van der Waals surface area (Å²) in [5.74, 6) is 0. The fourth-order valence-corrected chi connectivity index (χ4v) is 3.15. The minimum absolute atomic E-state index is 0.678. The molecule has 0 unspecified atom stereocenters. The second kappa shape index (κ2) is 5.13. The number of nitrogens with zero attached hydrogens (tertiary/aromatic N) is 1.